The molecule has 2 fully saturated rings. The second-order valence-corrected chi connectivity index (χ2v) is 6.59. The van der Waals surface area contributed by atoms with Gasteiger partial charge in [0.15, 0.2) is 5.89 Å². The van der Waals surface area contributed by atoms with Crippen LogP contribution in [0.2, 0.25) is 0 Å². The predicted octanol–water partition coefficient (Wildman–Crippen LogP) is 2.86. The van der Waals surface area contributed by atoms with Crippen LogP contribution in [0, 0.1) is 6.92 Å². The molecule has 24 heavy (non-hydrogen) atoms. The van der Waals surface area contributed by atoms with E-state index >= 15 is 0 Å². The maximum Gasteiger partial charge on any atom is 0.291 e. The number of aryl methyl sites for hydroxylation is 1. The average molecular weight is 327 g/mol. The van der Waals surface area contributed by atoms with E-state index in [2.05, 4.69) is 9.97 Å². The van der Waals surface area contributed by atoms with E-state index in [1.807, 2.05) is 26.1 Å². The third-order valence-electron chi connectivity index (χ3n) is 4.83. The third-order valence-corrected chi connectivity index (χ3v) is 4.83. The zero-order chi connectivity index (χ0) is 16.7. The Bertz CT molecular complexity index is 739. The number of likely N-dealkylation sites (N-methyl/N-ethyl adjacent to an activating group) is 1. The number of rotatable bonds is 4. The van der Waals surface area contributed by atoms with Crippen LogP contribution in [0.25, 0.3) is 0 Å². The van der Waals surface area contributed by atoms with Crippen LogP contribution in [0.3, 0.4) is 0 Å². The number of ether oxygens (including phenoxy) is 1. The van der Waals surface area contributed by atoms with E-state index in [0.29, 0.717) is 29.9 Å². The van der Waals surface area contributed by atoms with Crippen LogP contribution >= 0.6 is 0 Å². The highest BCUT2D eigenvalue weighted by atomic mass is 16.5. The molecule has 126 valence electrons. The van der Waals surface area contributed by atoms with Gasteiger partial charge in [-0.3, -0.25) is 9.78 Å². The van der Waals surface area contributed by atoms with Gasteiger partial charge in [-0.25, -0.2) is 4.98 Å². The first kappa shape index (κ1) is 15.3. The monoisotopic (exact) mass is 327 g/mol. The minimum atomic E-state index is -0.154. The van der Waals surface area contributed by atoms with Crippen molar-refractivity contribution >= 4 is 5.91 Å². The fourth-order valence-corrected chi connectivity index (χ4v) is 3.27. The van der Waals surface area contributed by atoms with Gasteiger partial charge in [0, 0.05) is 37.5 Å². The molecule has 0 aromatic carbocycles. The number of pyridine rings is 1. The van der Waals surface area contributed by atoms with Gasteiger partial charge in [0.2, 0.25) is 5.76 Å². The van der Waals surface area contributed by atoms with Crippen molar-refractivity contribution in [3.05, 3.63) is 47.4 Å². The summed E-state index contributed by atoms with van der Waals surface area (Å²) in [6.45, 7) is 2.46. The number of carbonyl (C=O) groups is 1. The molecule has 0 unspecified atom stereocenters. The molecule has 4 rings (SSSR count). The average Bonchev–Trinajstić information content (AvgIpc) is 3.21. The van der Waals surface area contributed by atoms with Gasteiger partial charge >= 0.3 is 0 Å². The molecule has 1 aliphatic carbocycles. The maximum atomic E-state index is 12.9. The second-order valence-electron chi connectivity index (χ2n) is 6.59. The Morgan fingerprint density at radius 2 is 2.17 bits per heavy atom. The van der Waals surface area contributed by atoms with Gasteiger partial charge in [0.05, 0.1) is 11.7 Å². The van der Waals surface area contributed by atoms with Crippen LogP contribution in [-0.2, 0) is 4.74 Å². The van der Waals surface area contributed by atoms with Gasteiger partial charge in [-0.05, 0) is 32.3 Å². The second kappa shape index (κ2) is 6.02. The maximum absolute atomic E-state index is 12.9. The highest BCUT2D eigenvalue weighted by Gasteiger charge is 2.37. The Morgan fingerprint density at radius 3 is 2.88 bits per heavy atom. The van der Waals surface area contributed by atoms with Crippen LogP contribution in [0.4, 0.5) is 0 Å². The molecule has 2 aromatic rings. The topological polar surface area (TPSA) is 68.5 Å². The lowest BCUT2D eigenvalue weighted by Crippen LogP contribution is -2.39. The molecule has 1 amide bonds. The quantitative estimate of drug-likeness (QED) is 0.864. The number of amides is 1. The van der Waals surface area contributed by atoms with Crippen molar-refractivity contribution in [3.63, 3.8) is 0 Å². The van der Waals surface area contributed by atoms with Gasteiger partial charge in [-0.15, -0.1) is 0 Å². The largest absolute Gasteiger partial charge is 0.435 e. The molecule has 0 N–H and O–H groups in total. The van der Waals surface area contributed by atoms with Crippen LogP contribution in [0.1, 0.15) is 59.0 Å². The van der Waals surface area contributed by atoms with Crippen molar-refractivity contribution in [1.82, 2.24) is 14.9 Å². The summed E-state index contributed by atoms with van der Waals surface area (Å²) in [5, 5.41) is 0. The van der Waals surface area contributed by atoms with Gasteiger partial charge < -0.3 is 14.1 Å². The number of hydrogen-bond donors (Lipinski definition) is 0. The minimum Gasteiger partial charge on any atom is -0.435 e. The molecule has 0 radical (unpaired) electrons. The minimum absolute atomic E-state index is 0.0319. The molecule has 2 atom stereocenters. The normalized spacial score (nSPS) is 23.4. The predicted molar refractivity (Wildman–Crippen MR) is 86.6 cm³/mol. The molecule has 6 heteroatoms. The van der Waals surface area contributed by atoms with Crippen molar-refractivity contribution < 1.29 is 13.9 Å². The molecular formula is C18H21N3O3. The zero-order valence-corrected chi connectivity index (χ0v) is 13.9. The standard InChI is InChI=1S/C18H21N3O3/c1-11-15(24-17(20-11)12-5-6-12)18(22)21(2)14-7-9-23-16(14)13-4-3-8-19-10-13/h3-4,8,10,12,14,16H,5-7,9H2,1-2H3/t14-,16+/m0/s1. The molecular weight excluding hydrogens is 306 g/mol. The summed E-state index contributed by atoms with van der Waals surface area (Å²) in [7, 11) is 1.81. The van der Waals surface area contributed by atoms with Crippen LogP contribution in [-0.4, -0.2) is 40.5 Å². The molecule has 1 saturated carbocycles. The van der Waals surface area contributed by atoms with Gasteiger partial charge in [0.1, 0.15) is 6.10 Å². The molecule has 0 spiro atoms. The number of aromatic nitrogens is 2. The van der Waals surface area contributed by atoms with Gasteiger partial charge in [-0.2, -0.15) is 0 Å². The third kappa shape index (κ3) is 2.71. The molecule has 6 nitrogen and oxygen atoms in total. The van der Waals surface area contributed by atoms with E-state index in [9.17, 15) is 4.79 Å². The number of hydrogen-bond acceptors (Lipinski definition) is 5. The molecule has 2 aliphatic rings. The molecule has 2 aromatic heterocycles. The number of nitrogens with zero attached hydrogens (tertiary/aromatic N) is 3. The van der Waals surface area contributed by atoms with E-state index in [1.165, 1.54) is 0 Å². The van der Waals surface area contributed by atoms with E-state index in [-0.39, 0.29) is 18.1 Å². The Morgan fingerprint density at radius 1 is 1.33 bits per heavy atom. The summed E-state index contributed by atoms with van der Waals surface area (Å²) >= 11 is 0. The highest BCUT2D eigenvalue weighted by Crippen LogP contribution is 2.40. The summed E-state index contributed by atoms with van der Waals surface area (Å²) in [6, 6.07) is 3.84. The summed E-state index contributed by atoms with van der Waals surface area (Å²) in [6.07, 6.45) is 6.38. The summed E-state index contributed by atoms with van der Waals surface area (Å²) < 4.78 is 11.6. The van der Waals surface area contributed by atoms with Crippen molar-refractivity contribution in [2.24, 2.45) is 0 Å². The van der Waals surface area contributed by atoms with Crippen molar-refractivity contribution in [2.75, 3.05) is 13.7 Å². The SMILES string of the molecule is Cc1nc(C2CC2)oc1C(=O)N(C)[C@H]1CCO[C@@H]1c1cccnc1. The lowest BCUT2D eigenvalue weighted by atomic mass is 10.0. The first-order valence-corrected chi connectivity index (χ1v) is 8.41. The van der Waals surface area contributed by atoms with Crippen LogP contribution < -0.4 is 0 Å². The van der Waals surface area contributed by atoms with Gasteiger partial charge in [-0.1, -0.05) is 6.07 Å². The summed E-state index contributed by atoms with van der Waals surface area (Å²) in [4.78, 5) is 23.2. The van der Waals surface area contributed by atoms with E-state index in [4.69, 9.17) is 9.15 Å². The van der Waals surface area contributed by atoms with Crippen LogP contribution in [0.15, 0.2) is 28.9 Å². The molecule has 1 aliphatic heterocycles. The van der Waals surface area contributed by atoms with Crippen molar-refractivity contribution in [1.29, 1.82) is 0 Å². The zero-order valence-electron chi connectivity index (χ0n) is 13.9. The van der Waals surface area contributed by atoms with E-state index in [0.717, 1.165) is 24.8 Å². The fourth-order valence-electron chi connectivity index (χ4n) is 3.27. The number of oxazole rings is 1. The summed E-state index contributed by atoms with van der Waals surface area (Å²) in [5.74, 6) is 1.33. The Hall–Kier alpha value is -2.21. The van der Waals surface area contributed by atoms with E-state index < -0.39 is 0 Å². The number of carbonyl (C=O) groups excluding carboxylic acids is 1. The van der Waals surface area contributed by atoms with E-state index in [1.54, 1.807) is 17.3 Å². The smallest absolute Gasteiger partial charge is 0.291 e. The lowest BCUT2D eigenvalue weighted by molar-refractivity contribution is 0.0490. The Kier molecular flexibility index (Phi) is 3.84. The summed E-state index contributed by atoms with van der Waals surface area (Å²) in [5.41, 5.74) is 1.67. The molecule has 0 bridgehead atoms. The lowest BCUT2D eigenvalue weighted by Gasteiger charge is -2.28. The van der Waals surface area contributed by atoms with Gasteiger partial charge in [0.25, 0.3) is 5.91 Å². The first-order chi connectivity index (χ1) is 11.6. The highest BCUT2D eigenvalue weighted by molar-refractivity contribution is 5.92. The Balaban J connectivity index is 1.56. The van der Waals surface area contributed by atoms with Crippen molar-refractivity contribution in [3.8, 4) is 0 Å². The fraction of sp³-hybridized carbons (Fsp3) is 0.500. The van der Waals surface area contributed by atoms with Crippen LogP contribution in [0.5, 0.6) is 0 Å². The van der Waals surface area contributed by atoms with Crippen molar-refractivity contribution in [2.45, 2.75) is 44.2 Å². The molecule has 1 saturated heterocycles. The first-order valence-electron chi connectivity index (χ1n) is 8.41. The molecule has 3 heterocycles. The Labute approximate surface area is 140 Å².